The SMILES string of the molecule is CC1(c2nc(-c3ccco3)no2)COCC1N. The Balaban J connectivity index is 1.95. The number of rotatable bonds is 2. The van der Waals surface area contributed by atoms with E-state index in [1.807, 2.05) is 6.92 Å². The van der Waals surface area contributed by atoms with Crippen molar-refractivity contribution >= 4 is 0 Å². The maximum Gasteiger partial charge on any atom is 0.238 e. The number of hydrogen-bond acceptors (Lipinski definition) is 6. The van der Waals surface area contributed by atoms with Gasteiger partial charge in [0.25, 0.3) is 0 Å². The van der Waals surface area contributed by atoms with Crippen LogP contribution in [0.1, 0.15) is 12.8 Å². The van der Waals surface area contributed by atoms with Crippen molar-refractivity contribution in [3.05, 3.63) is 24.3 Å². The van der Waals surface area contributed by atoms with Gasteiger partial charge in [0, 0.05) is 6.04 Å². The van der Waals surface area contributed by atoms with Crippen LogP contribution in [0.15, 0.2) is 27.3 Å². The largest absolute Gasteiger partial charge is 0.461 e. The topological polar surface area (TPSA) is 87.3 Å². The summed E-state index contributed by atoms with van der Waals surface area (Å²) in [5.41, 5.74) is 5.58. The highest BCUT2D eigenvalue weighted by atomic mass is 16.5. The smallest absolute Gasteiger partial charge is 0.238 e. The van der Waals surface area contributed by atoms with Crippen molar-refractivity contribution in [1.29, 1.82) is 0 Å². The molecule has 1 saturated heterocycles. The molecule has 0 bridgehead atoms. The van der Waals surface area contributed by atoms with Crippen LogP contribution >= 0.6 is 0 Å². The van der Waals surface area contributed by atoms with Gasteiger partial charge < -0.3 is 19.4 Å². The van der Waals surface area contributed by atoms with Crippen molar-refractivity contribution < 1.29 is 13.7 Å². The lowest BCUT2D eigenvalue weighted by Gasteiger charge is -2.21. The predicted molar refractivity (Wildman–Crippen MR) is 58.1 cm³/mol. The fourth-order valence-corrected chi connectivity index (χ4v) is 1.87. The average Bonchev–Trinajstić information content (AvgIpc) is 3.01. The van der Waals surface area contributed by atoms with Crippen LogP contribution in [-0.2, 0) is 10.2 Å². The summed E-state index contributed by atoms with van der Waals surface area (Å²) in [7, 11) is 0. The third-order valence-corrected chi connectivity index (χ3v) is 3.17. The Labute approximate surface area is 97.7 Å². The monoisotopic (exact) mass is 235 g/mol. The fourth-order valence-electron chi connectivity index (χ4n) is 1.87. The summed E-state index contributed by atoms with van der Waals surface area (Å²) < 4.78 is 15.8. The van der Waals surface area contributed by atoms with Gasteiger partial charge in [0.1, 0.15) is 0 Å². The Hall–Kier alpha value is -1.66. The molecule has 0 saturated carbocycles. The van der Waals surface area contributed by atoms with Crippen LogP contribution < -0.4 is 5.73 Å². The van der Waals surface area contributed by atoms with E-state index in [-0.39, 0.29) is 6.04 Å². The van der Waals surface area contributed by atoms with Crippen LogP contribution in [0, 0.1) is 0 Å². The molecular weight excluding hydrogens is 222 g/mol. The maximum absolute atomic E-state index is 6.00. The van der Waals surface area contributed by atoms with Crippen molar-refractivity contribution in [2.45, 2.75) is 18.4 Å². The normalized spacial score (nSPS) is 28.7. The van der Waals surface area contributed by atoms with Crippen LogP contribution in [0.2, 0.25) is 0 Å². The first-order valence-corrected chi connectivity index (χ1v) is 5.41. The molecule has 2 aromatic heterocycles. The first kappa shape index (κ1) is 10.5. The lowest BCUT2D eigenvalue weighted by molar-refractivity contribution is 0.169. The van der Waals surface area contributed by atoms with Crippen LogP contribution in [0.4, 0.5) is 0 Å². The maximum atomic E-state index is 6.00. The third-order valence-electron chi connectivity index (χ3n) is 3.17. The van der Waals surface area contributed by atoms with Gasteiger partial charge in [-0.2, -0.15) is 4.98 Å². The number of aromatic nitrogens is 2. The zero-order valence-corrected chi connectivity index (χ0v) is 9.42. The Morgan fingerprint density at radius 1 is 1.53 bits per heavy atom. The summed E-state index contributed by atoms with van der Waals surface area (Å²) in [5, 5.41) is 3.89. The lowest BCUT2D eigenvalue weighted by Crippen LogP contribution is -2.42. The standard InChI is InChI=1S/C11H13N3O3/c1-11(6-15-5-8(11)12)10-13-9(14-17-10)7-3-2-4-16-7/h2-4,8H,5-6,12H2,1H3. The molecule has 2 aromatic rings. The van der Waals surface area contributed by atoms with Crippen molar-refractivity contribution in [2.75, 3.05) is 13.2 Å². The molecule has 2 N–H and O–H groups in total. The minimum absolute atomic E-state index is 0.132. The number of hydrogen-bond donors (Lipinski definition) is 1. The lowest BCUT2D eigenvalue weighted by atomic mass is 9.86. The molecule has 0 aliphatic carbocycles. The van der Waals surface area contributed by atoms with E-state index in [4.69, 9.17) is 19.4 Å². The minimum atomic E-state index is -0.419. The highest BCUT2D eigenvalue weighted by molar-refractivity contribution is 5.45. The third kappa shape index (κ3) is 1.57. The molecule has 2 atom stereocenters. The number of furan rings is 1. The van der Waals surface area contributed by atoms with E-state index in [0.717, 1.165) is 0 Å². The molecule has 3 heterocycles. The summed E-state index contributed by atoms with van der Waals surface area (Å²) in [6, 6.07) is 3.42. The minimum Gasteiger partial charge on any atom is -0.461 e. The van der Waals surface area contributed by atoms with Crippen molar-refractivity contribution in [3.8, 4) is 11.6 Å². The van der Waals surface area contributed by atoms with E-state index in [1.54, 1.807) is 18.4 Å². The molecule has 0 amide bonds. The van der Waals surface area contributed by atoms with Gasteiger partial charge in [-0.15, -0.1) is 0 Å². The average molecular weight is 235 g/mol. The van der Waals surface area contributed by atoms with E-state index >= 15 is 0 Å². The summed E-state index contributed by atoms with van der Waals surface area (Å²) >= 11 is 0. The van der Waals surface area contributed by atoms with Gasteiger partial charge in [0.2, 0.25) is 11.7 Å². The molecule has 17 heavy (non-hydrogen) atoms. The highest BCUT2D eigenvalue weighted by Gasteiger charge is 2.44. The molecule has 1 fully saturated rings. The van der Waals surface area contributed by atoms with E-state index in [9.17, 15) is 0 Å². The molecule has 2 unspecified atom stereocenters. The summed E-state index contributed by atoms with van der Waals surface area (Å²) in [6.45, 7) is 2.97. The van der Waals surface area contributed by atoms with Gasteiger partial charge in [0.05, 0.1) is 24.9 Å². The first-order chi connectivity index (χ1) is 8.20. The molecule has 0 aromatic carbocycles. The van der Waals surface area contributed by atoms with Crippen LogP contribution in [0.3, 0.4) is 0 Å². The summed E-state index contributed by atoms with van der Waals surface area (Å²) in [5.74, 6) is 1.51. The second-order valence-electron chi connectivity index (χ2n) is 4.44. The van der Waals surface area contributed by atoms with Gasteiger partial charge in [-0.1, -0.05) is 5.16 Å². The number of nitrogens with two attached hydrogens (primary N) is 1. The molecule has 1 aliphatic rings. The van der Waals surface area contributed by atoms with Gasteiger partial charge in [0.15, 0.2) is 5.76 Å². The quantitative estimate of drug-likeness (QED) is 0.833. The predicted octanol–water partition coefficient (Wildman–Crippen LogP) is 0.945. The molecule has 6 nitrogen and oxygen atoms in total. The Morgan fingerprint density at radius 3 is 3.06 bits per heavy atom. The van der Waals surface area contributed by atoms with Crippen molar-refractivity contribution in [2.24, 2.45) is 5.73 Å². The molecule has 0 spiro atoms. The molecule has 90 valence electrons. The molecule has 3 rings (SSSR count). The Kier molecular flexibility index (Phi) is 2.27. The molecule has 6 heteroatoms. The van der Waals surface area contributed by atoms with Crippen LogP contribution in [0.5, 0.6) is 0 Å². The molecule has 0 radical (unpaired) electrons. The van der Waals surface area contributed by atoms with E-state index in [1.165, 1.54) is 0 Å². The highest BCUT2D eigenvalue weighted by Crippen LogP contribution is 2.31. The second kappa shape index (κ2) is 3.68. The van der Waals surface area contributed by atoms with E-state index in [2.05, 4.69) is 10.1 Å². The molecule has 1 aliphatic heterocycles. The zero-order valence-electron chi connectivity index (χ0n) is 9.42. The van der Waals surface area contributed by atoms with Crippen LogP contribution in [0.25, 0.3) is 11.6 Å². The van der Waals surface area contributed by atoms with Gasteiger partial charge >= 0.3 is 0 Å². The molecular formula is C11H13N3O3. The van der Waals surface area contributed by atoms with Gasteiger partial charge in [-0.3, -0.25) is 0 Å². The fraction of sp³-hybridized carbons (Fsp3) is 0.455. The Bertz CT molecular complexity index is 508. The van der Waals surface area contributed by atoms with Gasteiger partial charge in [-0.05, 0) is 19.1 Å². The van der Waals surface area contributed by atoms with Crippen LogP contribution in [-0.4, -0.2) is 29.4 Å². The zero-order chi connectivity index (χ0) is 11.9. The number of ether oxygens (including phenoxy) is 1. The van der Waals surface area contributed by atoms with E-state index in [0.29, 0.717) is 30.7 Å². The number of nitrogens with zero attached hydrogens (tertiary/aromatic N) is 2. The Morgan fingerprint density at radius 2 is 2.41 bits per heavy atom. The summed E-state index contributed by atoms with van der Waals surface area (Å²) in [6.07, 6.45) is 1.57. The second-order valence-corrected chi connectivity index (χ2v) is 4.44. The first-order valence-electron chi connectivity index (χ1n) is 5.41. The van der Waals surface area contributed by atoms with Gasteiger partial charge in [-0.25, -0.2) is 0 Å². The summed E-state index contributed by atoms with van der Waals surface area (Å²) in [4.78, 5) is 4.33. The van der Waals surface area contributed by atoms with E-state index < -0.39 is 5.41 Å². The van der Waals surface area contributed by atoms with Crippen molar-refractivity contribution in [3.63, 3.8) is 0 Å². The van der Waals surface area contributed by atoms with Crippen molar-refractivity contribution in [1.82, 2.24) is 10.1 Å².